The van der Waals surface area contributed by atoms with Crippen LogP contribution in [0.1, 0.15) is 26.7 Å². The zero-order chi connectivity index (χ0) is 14.7. The SMILES string of the molecule is CC(=O)N1CCN(C(=O)C(=O)N2CCCC(C)C2)CC1. The smallest absolute Gasteiger partial charge is 0.312 e. The van der Waals surface area contributed by atoms with Gasteiger partial charge in [-0.15, -0.1) is 0 Å². The van der Waals surface area contributed by atoms with Crippen molar-refractivity contribution >= 4 is 17.7 Å². The van der Waals surface area contributed by atoms with E-state index in [1.165, 1.54) is 6.92 Å². The highest BCUT2D eigenvalue weighted by molar-refractivity contribution is 6.34. The Hall–Kier alpha value is -1.59. The van der Waals surface area contributed by atoms with E-state index in [-0.39, 0.29) is 11.8 Å². The zero-order valence-corrected chi connectivity index (χ0v) is 12.3. The zero-order valence-electron chi connectivity index (χ0n) is 12.3. The lowest BCUT2D eigenvalue weighted by Gasteiger charge is -2.36. The number of piperazine rings is 1. The first kappa shape index (κ1) is 14.8. The molecule has 112 valence electrons. The van der Waals surface area contributed by atoms with Gasteiger partial charge < -0.3 is 14.7 Å². The summed E-state index contributed by atoms with van der Waals surface area (Å²) < 4.78 is 0. The Morgan fingerprint density at radius 1 is 0.850 bits per heavy atom. The Labute approximate surface area is 119 Å². The van der Waals surface area contributed by atoms with Gasteiger partial charge in [-0.1, -0.05) is 6.92 Å². The number of rotatable bonds is 0. The maximum absolute atomic E-state index is 12.2. The van der Waals surface area contributed by atoms with E-state index in [9.17, 15) is 14.4 Å². The molecule has 0 aliphatic carbocycles. The summed E-state index contributed by atoms with van der Waals surface area (Å²) in [6.07, 6.45) is 2.09. The van der Waals surface area contributed by atoms with Crippen molar-refractivity contribution in [2.45, 2.75) is 26.7 Å². The summed E-state index contributed by atoms with van der Waals surface area (Å²) in [6, 6.07) is 0. The molecule has 3 amide bonds. The molecule has 2 aliphatic heterocycles. The minimum atomic E-state index is -0.415. The van der Waals surface area contributed by atoms with Crippen LogP contribution in [-0.2, 0) is 14.4 Å². The van der Waals surface area contributed by atoms with Crippen LogP contribution < -0.4 is 0 Å². The third-order valence-electron chi connectivity index (χ3n) is 4.14. The number of nitrogens with zero attached hydrogens (tertiary/aromatic N) is 3. The van der Waals surface area contributed by atoms with Crippen molar-refractivity contribution in [2.24, 2.45) is 5.92 Å². The van der Waals surface area contributed by atoms with Gasteiger partial charge in [-0.3, -0.25) is 14.4 Å². The Bertz CT molecular complexity index is 402. The van der Waals surface area contributed by atoms with Gasteiger partial charge in [0.15, 0.2) is 0 Å². The van der Waals surface area contributed by atoms with Gasteiger partial charge in [0.2, 0.25) is 5.91 Å². The van der Waals surface area contributed by atoms with Crippen molar-refractivity contribution in [3.8, 4) is 0 Å². The molecule has 1 unspecified atom stereocenters. The Morgan fingerprint density at radius 3 is 1.95 bits per heavy atom. The number of carbonyl (C=O) groups is 3. The van der Waals surface area contributed by atoms with E-state index >= 15 is 0 Å². The lowest BCUT2D eigenvalue weighted by molar-refractivity contribution is -0.154. The maximum atomic E-state index is 12.2. The van der Waals surface area contributed by atoms with E-state index in [4.69, 9.17) is 0 Å². The molecule has 0 spiro atoms. The van der Waals surface area contributed by atoms with E-state index in [2.05, 4.69) is 6.92 Å². The van der Waals surface area contributed by atoms with Crippen molar-refractivity contribution in [1.82, 2.24) is 14.7 Å². The van der Waals surface area contributed by atoms with E-state index in [0.29, 0.717) is 45.2 Å². The van der Waals surface area contributed by atoms with Gasteiger partial charge in [0, 0.05) is 46.2 Å². The van der Waals surface area contributed by atoms with E-state index < -0.39 is 5.91 Å². The summed E-state index contributed by atoms with van der Waals surface area (Å²) >= 11 is 0. The molecule has 0 N–H and O–H groups in total. The molecule has 2 heterocycles. The highest BCUT2D eigenvalue weighted by atomic mass is 16.2. The topological polar surface area (TPSA) is 60.9 Å². The van der Waals surface area contributed by atoms with Crippen molar-refractivity contribution in [2.75, 3.05) is 39.3 Å². The van der Waals surface area contributed by atoms with Gasteiger partial charge >= 0.3 is 11.8 Å². The van der Waals surface area contributed by atoms with Crippen LogP contribution in [0.4, 0.5) is 0 Å². The van der Waals surface area contributed by atoms with Crippen molar-refractivity contribution < 1.29 is 14.4 Å². The molecule has 0 bridgehead atoms. The Morgan fingerprint density at radius 2 is 1.40 bits per heavy atom. The van der Waals surface area contributed by atoms with Crippen molar-refractivity contribution in [3.05, 3.63) is 0 Å². The molecule has 2 aliphatic rings. The largest absolute Gasteiger partial charge is 0.339 e. The van der Waals surface area contributed by atoms with E-state index in [0.717, 1.165) is 12.8 Å². The van der Waals surface area contributed by atoms with Gasteiger partial charge in [-0.25, -0.2) is 0 Å². The molecule has 0 aromatic rings. The minimum Gasteiger partial charge on any atom is -0.339 e. The van der Waals surface area contributed by atoms with Gasteiger partial charge in [0.1, 0.15) is 0 Å². The predicted octanol–water partition coefficient (Wildman–Crippen LogP) is -0.0644. The fourth-order valence-electron chi connectivity index (χ4n) is 2.87. The van der Waals surface area contributed by atoms with Gasteiger partial charge in [0.05, 0.1) is 0 Å². The minimum absolute atomic E-state index is 0.0216. The lowest BCUT2D eigenvalue weighted by atomic mass is 10.0. The standard InChI is InChI=1S/C14H23N3O3/c1-11-4-3-5-17(10-11)14(20)13(19)16-8-6-15(7-9-16)12(2)18/h11H,3-10H2,1-2H3. The molecule has 6 nitrogen and oxygen atoms in total. The monoisotopic (exact) mass is 281 g/mol. The number of amides is 3. The number of hydrogen-bond acceptors (Lipinski definition) is 3. The quantitative estimate of drug-likeness (QED) is 0.584. The summed E-state index contributed by atoms with van der Waals surface area (Å²) in [7, 11) is 0. The van der Waals surface area contributed by atoms with Crippen LogP contribution in [0.5, 0.6) is 0 Å². The number of piperidine rings is 1. The summed E-state index contributed by atoms with van der Waals surface area (Å²) in [5.74, 6) is -0.307. The van der Waals surface area contributed by atoms with Crippen LogP contribution >= 0.6 is 0 Å². The van der Waals surface area contributed by atoms with Crippen LogP contribution in [0.25, 0.3) is 0 Å². The summed E-state index contributed by atoms with van der Waals surface area (Å²) in [5.41, 5.74) is 0. The molecule has 0 aromatic carbocycles. The van der Waals surface area contributed by atoms with Crippen LogP contribution in [0, 0.1) is 5.92 Å². The maximum Gasteiger partial charge on any atom is 0.312 e. The highest BCUT2D eigenvalue weighted by Crippen LogP contribution is 2.16. The van der Waals surface area contributed by atoms with Gasteiger partial charge in [-0.2, -0.15) is 0 Å². The lowest BCUT2D eigenvalue weighted by Crippen LogP contribution is -2.55. The molecule has 1 atom stereocenters. The van der Waals surface area contributed by atoms with Crippen LogP contribution in [0.3, 0.4) is 0 Å². The molecular formula is C14H23N3O3. The van der Waals surface area contributed by atoms with Gasteiger partial charge in [0.25, 0.3) is 0 Å². The third-order valence-corrected chi connectivity index (χ3v) is 4.14. The summed E-state index contributed by atoms with van der Waals surface area (Å²) in [4.78, 5) is 40.6. The molecular weight excluding hydrogens is 258 g/mol. The molecule has 0 saturated carbocycles. The normalized spacial score (nSPS) is 23.7. The second kappa shape index (κ2) is 6.24. The fourth-order valence-corrected chi connectivity index (χ4v) is 2.87. The molecule has 2 fully saturated rings. The molecule has 6 heteroatoms. The molecule has 0 radical (unpaired) electrons. The highest BCUT2D eigenvalue weighted by Gasteiger charge is 2.31. The van der Waals surface area contributed by atoms with E-state index in [1.807, 2.05) is 0 Å². The number of hydrogen-bond donors (Lipinski definition) is 0. The summed E-state index contributed by atoms with van der Waals surface area (Å²) in [5, 5.41) is 0. The average Bonchev–Trinajstić information content (AvgIpc) is 2.46. The van der Waals surface area contributed by atoms with Gasteiger partial charge in [-0.05, 0) is 18.8 Å². The Kier molecular flexibility index (Phi) is 4.62. The first-order valence-electron chi connectivity index (χ1n) is 7.32. The first-order chi connectivity index (χ1) is 9.49. The third kappa shape index (κ3) is 3.29. The molecule has 2 rings (SSSR count). The van der Waals surface area contributed by atoms with E-state index in [1.54, 1.807) is 14.7 Å². The van der Waals surface area contributed by atoms with Crippen molar-refractivity contribution in [1.29, 1.82) is 0 Å². The number of likely N-dealkylation sites (tertiary alicyclic amines) is 1. The van der Waals surface area contributed by atoms with Crippen LogP contribution in [0.15, 0.2) is 0 Å². The second-order valence-electron chi connectivity index (χ2n) is 5.80. The van der Waals surface area contributed by atoms with Crippen molar-refractivity contribution in [3.63, 3.8) is 0 Å². The molecule has 2 saturated heterocycles. The molecule has 20 heavy (non-hydrogen) atoms. The van der Waals surface area contributed by atoms with Crippen LogP contribution in [0.2, 0.25) is 0 Å². The molecule has 0 aromatic heterocycles. The second-order valence-corrected chi connectivity index (χ2v) is 5.80. The predicted molar refractivity (Wildman–Crippen MR) is 73.8 cm³/mol. The summed E-state index contributed by atoms with van der Waals surface area (Å²) in [6.45, 7) is 6.93. The first-order valence-corrected chi connectivity index (χ1v) is 7.32. The van der Waals surface area contributed by atoms with Crippen LogP contribution in [-0.4, -0.2) is 71.7 Å². The number of carbonyl (C=O) groups excluding carboxylic acids is 3. The fraction of sp³-hybridized carbons (Fsp3) is 0.786. The average molecular weight is 281 g/mol. The Balaban J connectivity index is 1.88.